The van der Waals surface area contributed by atoms with E-state index in [1.807, 2.05) is 0 Å². The summed E-state index contributed by atoms with van der Waals surface area (Å²) in [7, 11) is 3.40. The fourth-order valence-electron chi connectivity index (χ4n) is 4.64. The Morgan fingerprint density at radius 3 is 2.54 bits per heavy atom. The van der Waals surface area contributed by atoms with Crippen molar-refractivity contribution in [2.24, 2.45) is 0 Å². The summed E-state index contributed by atoms with van der Waals surface area (Å²) in [5.74, 6) is 1.84. The summed E-state index contributed by atoms with van der Waals surface area (Å²) >= 11 is 0. The SMILES string of the molecule is COc1cc2c(cc1OC)C1(CCC1)N(C[C@@H]1CCC(=O)N1)CC2. The van der Waals surface area contributed by atoms with Gasteiger partial charge in [0.15, 0.2) is 11.5 Å². The average molecular weight is 330 g/mol. The predicted molar refractivity (Wildman–Crippen MR) is 91.5 cm³/mol. The topological polar surface area (TPSA) is 50.8 Å². The predicted octanol–water partition coefficient (Wildman–Crippen LogP) is 2.22. The molecule has 1 saturated heterocycles. The lowest BCUT2D eigenvalue weighted by Crippen LogP contribution is -2.57. The first kappa shape index (κ1) is 15.8. The van der Waals surface area contributed by atoms with Crippen molar-refractivity contribution in [2.45, 2.75) is 50.1 Å². The Morgan fingerprint density at radius 2 is 1.96 bits per heavy atom. The van der Waals surface area contributed by atoms with Crippen molar-refractivity contribution in [1.29, 1.82) is 0 Å². The summed E-state index contributed by atoms with van der Waals surface area (Å²) in [5.41, 5.74) is 2.92. The first-order valence-electron chi connectivity index (χ1n) is 8.96. The van der Waals surface area contributed by atoms with Gasteiger partial charge in [0.1, 0.15) is 0 Å². The van der Waals surface area contributed by atoms with Crippen LogP contribution in [0.3, 0.4) is 0 Å². The standard InChI is InChI=1S/C19H26N2O3/c1-23-16-10-13-6-9-21(12-14-4-5-18(22)20-14)19(7-3-8-19)15(13)11-17(16)24-2/h10-11,14H,3-9,12H2,1-2H3,(H,20,22)/t14-/m0/s1. The molecule has 1 atom stereocenters. The van der Waals surface area contributed by atoms with Gasteiger partial charge in [0, 0.05) is 31.1 Å². The van der Waals surface area contributed by atoms with Crippen LogP contribution in [0.4, 0.5) is 0 Å². The van der Waals surface area contributed by atoms with Gasteiger partial charge in [-0.15, -0.1) is 0 Å². The number of carbonyl (C=O) groups is 1. The summed E-state index contributed by atoms with van der Waals surface area (Å²) in [6.45, 7) is 2.01. The van der Waals surface area contributed by atoms with Crippen LogP contribution in [0.1, 0.15) is 43.2 Å². The molecule has 130 valence electrons. The second-order valence-electron chi connectivity index (χ2n) is 7.25. The lowest BCUT2D eigenvalue weighted by Gasteiger charge is -2.55. The molecule has 1 aromatic carbocycles. The van der Waals surface area contributed by atoms with Crippen LogP contribution in [0.2, 0.25) is 0 Å². The molecule has 0 aromatic heterocycles. The van der Waals surface area contributed by atoms with Crippen molar-refractivity contribution in [3.05, 3.63) is 23.3 Å². The number of methoxy groups -OCH3 is 2. The largest absolute Gasteiger partial charge is 0.493 e. The summed E-state index contributed by atoms with van der Waals surface area (Å²) in [6, 6.07) is 4.65. The van der Waals surface area contributed by atoms with Crippen LogP contribution in [0.15, 0.2) is 12.1 Å². The molecule has 3 aliphatic rings. The number of rotatable bonds is 4. The maximum Gasteiger partial charge on any atom is 0.220 e. The van der Waals surface area contributed by atoms with Gasteiger partial charge in [-0.3, -0.25) is 9.69 Å². The first-order chi connectivity index (χ1) is 11.7. The molecular formula is C19H26N2O3. The number of hydrogen-bond acceptors (Lipinski definition) is 4. The molecule has 2 fully saturated rings. The van der Waals surface area contributed by atoms with Crippen LogP contribution in [0, 0.1) is 0 Å². The normalized spacial score (nSPS) is 25.1. The molecule has 1 aromatic rings. The highest BCUT2D eigenvalue weighted by molar-refractivity contribution is 5.78. The Labute approximate surface area is 143 Å². The maximum atomic E-state index is 11.5. The number of carbonyl (C=O) groups excluding carboxylic acids is 1. The van der Waals surface area contributed by atoms with Gasteiger partial charge in [-0.05, 0) is 55.4 Å². The molecule has 1 aliphatic carbocycles. The number of hydrogen-bond donors (Lipinski definition) is 1. The molecule has 2 aliphatic heterocycles. The van der Waals surface area contributed by atoms with E-state index in [1.165, 1.54) is 30.4 Å². The smallest absolute Gasteiger partial charge is 0.220 e. The molecule has 1 amide bonds. The minimum absolute atomic E-state index is 0.125. The molecule has 0 bridgehead atoms. The Bertz CT molecular complexity index is 654. The molecule has 0 unspecified atom stereocenters. The monoisotopic (exact) mass is 330 g/mol. The van der Waals surface area contributed by atoms with Crippen LogP contribution in [0.5, 0.6) is 11.5 Å². The third-order valence-electron chi connectivity index (χ3n) is 6.07. The number of benzene rings is 1. The first-order valence-corrected chi connectivity index (χ1v) is 8.96. The maximum absolute atomic E-state index is 11.5. The van der Waals surface area contributed by atoms with Crippen molar-refractivity contribution < 1.29 is 14.3 Å². The van der Waals surface area contributed by atoms with Crippen LogP contribution in [-0.4, -0.2) is 44.2 Å². The number of ether oxygens (including phenoxy) is 2. The second-order valence-corrected chi connectivity index (χ2v) is 7.25. The molecule has 1 spiro atoms. The lowest BCUT2D eigenvalue weighted by atomic mass is 9.66. The molecule has 4 rings (SSSR count). The molecular weight excluding hydrogens is 304 g/mol. The van der Waals surface area contributed by atoms with Gasteiger partial charge in [-0.1, -0.05) is 0 Å². The lowest BCUT2D eigenvalue weighted by molar-refractivity contribution is -0.119. The van der Waals surface area contributed by atoms with E-state index in [9.17, 15) is 4.79 Å². The van der Waals surface area contributed by atoms with Gasteiger partial charge in [0.25, 0.3) is 0 Å². The van der Waals surface area contributed by atoms with Crippen molar-refractivity contribution in [3.63, 3.8) is 0 Å². The van der Waals surface area contributed by atoms with Gasteiger partial charge >= 0.3 is 0 Å². The average Bonchev–Trinajstić information content (AvgIpc) is 2.96. The summed E-state index contributed by atoms with van der Waals surface area (Å²) < 4.78 is 11.0. The molecule has 5 heteroatoms. The van der Waals surface area contributed by atoms with E-state index in [0.717, 1.165) is 37.4 Å². The highest BCUT2D eigenvalue weighted by atomic mass is 16.5. The van der Waals surface area contributed by atoms with Crippen LogP contribution >= 0.6 is 0 Å². The van der Waals surface area contributed by atoms with E-state index < -0.39 is 0 Å². The highest BCUT2D eigenvalue weighted by Gasteiger charge is 2.48. The van der Waals surface area contributed by atoms with Gasteiger partial charge in [-0.2, -0.15) is 0 Å². The van der Waals surface area contributed by atoms with Gasteiger partial charge < -0.3 is 14.8 Å². The molecule has 0 radical (unpaired) electrons. The van der Waals surface area contributed by atoms with Crippen molar-refractivity contribution in [1.82, 2.24) is 10.2 Å². The van der Waals surface area contributed by atoms with E-state index in [-0.39, 0.29) is 11.4 Å². The summed E-state index contributed by atoms with van der Waals surface area (Å²) in [5, 5.41) is 3.13. The van der Waals surface area contributed by atoms with Gasteiger partial charge in [0.05, 0.1) is 14.2 Å². The highest BCUT2D eigenvalue weighted by Crippen LogP contribution is 2.52. The fourth-order valence-corrected chi connectivity index (χ4v) is 4.64. The van der Waals surface area contributed by atoms with E-state index in [2.05, 4.69) is 22.3 Å². The van der Waals surface area contributed by atoms with Crippen molar-refractivity contribution >= 4 is 5.91 Å². The zero-order chi connectivity index (χ0) is 16.7. The minimum atomic E-state index is 0.125. The Balaban J connectivity index is 1.65. The third kappa shape index (κ3) is 2.37. The van der Waals surface area contributed by atoms with Crippen LogP contribution in [0.25, 0.3) is 0 Å². The van der Waals surface area contributed by atoms with E-state index >= 15 is 0 Å². The van der Waals surface area contributed by atoms with Crippen LogP contribution < -0.4 is 14.8 Å². The van der Waals surface area contributed by atoms with E-state index in [0.29, 0.717) is 12.5 Å². The van der Waals surface area contributed by atoms with Crippen molar-refractivity contribution in [3.8, 4) is 11.5 Å². The zero-order valence-electron chi connectivity index (χ0n) is 14.6. The number of nitrogens with zero attached hydrogens (tertiary/aromatic N) is 1. The van der Waals surface area contributed by atoms with E-state index in [4.69, 9.17) is 9.47 Å². The molecule has 1 N–H and O–H groups in total. The Hall–Kier alpha value is -1.75. The zero-order valence-corrected chi connectivity index (χ0v) is 14.6. The van der Waals surface area contributed by atoms with E-state index in [1.54, 1.807) is 14.2 Å². The summed E-state index contributed by atoms with van der Waals surface area (Å²) in [6.07, 6.45) is 6.31. The third-order valence-corrected chi connectivity index (χ3v) is 6.07. The quantitative estimate of drug-likeness (QED) is 0.920. The fraction of sp³-hybridized carbons (Fsp3) is 0.632. The Kier molecular flexibility index (Phi) is 3.91. The minimum Gasteiger partial charge on any atom is -0.493 e. The molecule has 5 nitrogen and oxygen atoms in total. The molecule has 1 saturated carbocycles. The second kappa shape index (κ2) is 5.96. The Morgan fingerprint density at radius 1 is 1.21 bits per heavy atom. The number of amides is 1. The number of fused-ring (bicyclic) bond motifs is 2. The molecule has 24 heavy (non-hydrogen) atoms. The van der Waals surface area contributed by atoms with Crippen molar-refractivity contribution in [2.75, 3.05) is 27.3 Å². The number of nitrogens with one attached hydrogen (secondary N) is 1. The van der Waals surface area contributed by atoms with Gasteiger partial charge in [-0.25, -0.2) is 0 Å². The summed E-state index contributed by atoms with van der Waals surface area (Å²) in [4.78, 5) is 14.1. The molecule has 2 heterocycles. The van der Waals surface area contributed by atoms with Crippen LogP contribution in [-0.2, 0) is 16.8 Å². The van der Waals surface area contributed by atoms with Gasteiger partial charge in [0.2, 0.25) is 5.91 Å².